The van der Waals surface area contributed by atoms with E-state index in [1.165, 1.54) is 0 Å². The molecule has 0 spiro atoms. The van der Waals surface area contributed by atoms with Crippen LogP contribution in [0.3, 0.4) is 0 Å². The smallest absolute Gasteiger partial charge is 0.339 e. The van der Waals surface area contributed by atoms with Gasteiger partial charge in [-0.1, -0.05) is 32.4 Å². The Labute approximate surface area is 89.7 Å². The molecule has 3 nitrogen and oxygen atoms in total. The molecule has 0 aliphatic carbocycles. The maximum atomic E-state index is 10.9. The van der Waals surface area contributed by atoms with Crippen molar-refractivity contribution in [1.82, 2.24) is 0 Å². The molecule has 1 N–H and O–H groups in total. The maximum Gasteiger partial charge on any atom is 0.339 e. The molecule has 0 radical (unpaired) electrons. The average Bonchev–Trinajstić information content (AvgIpc) is 2.26. The summed E-state index contributed by atoms with van der Waals surface area (Å²) in [5.74, 6) is -0.0631. The van der Waals surface area contributed by atoms with Gasteiger partial charge in [0, 0.05) is 0 Å². The molecule has 1 unspecified atom stereocenters. The van der Waals surface area contributed by atoms with Crippen LogP contribution in [-0.2, 0) is 0 Å². The number of hydrogen-bond acceptors (Lipinski definition) is 2. The van der Waals surface area contributed by atoms with Gasteiger partial charge >= 0.3 is 5.97 Å². The first kappa shape index (κ1) is 11.6. The van der Waals surface area contributed by atoms with Crippen LogP contribution in [0.5, 0.6) is 5.75 Å². The molecule has 0 bridgehead atoms. The Morgan fingerprint density at radius 3 is 2.73 bits per heavy atom. The first-order chi connectivity index (χ1) is 7.15. The molecule has 1 atom stereocenters. The highest BCUT2D eigenvalue weighted by atomic mass is 16.5. The van der Waals surface area contributed by atoms with E-state index in [1.807, 2.05) is 0 Å². The minimum atomic E-state index is -0.949. The van der Waals surface area contributed by atoms with Crippen molar-refractivity contribution in [1.29, 1.82) is 0 Å². The van der Waals surface area contributed by atoms with Crippen molar-refractivity contribution in [3.05, 3.63) is 29.8 Å². The normalized spacial score (nSPS) is 12.1. The molecule has 0 aromatic heterocycles. The van der Waals surface area contributed by atoms with E-state index in [9.17, 15) is 4.79 Å². The Morgan fingerprint density at radius 1 is 1.47 bits per heavy atom. The van der Waals surface area contributed by atoms with E-state index in [1.54, 1.807) is 24.3 Å². The van der Waals surface area contributed by atoms with Gasteiger partial charge in [0.15, 0.2) is 0 Å². The number of carboxylic acid groups (broad SMARTS) is 1. The Hall–Kier alpha value is -1.51. The van der Waals surface area contributed by atoms with E-state index >= 15 is 0 Å². The lowest BCUT2D eigenvalue weighted by molar-refractivity contribution is 0.0691. The number of carboxylic acids is 1. The van der Waals surface area contributed by atoms with Gasteiger partial charge in [-0.15, -0.1) is 0 Å². The van der Waals surface area contributed by atoms with Crippen LogP contribution in [0.4, 0.5) is 0 Å². The fourth-order valence-corrected chi connectivity index (χ4v) is 1.12. The Morgan fingerprint density at radius 2 is 2.13 bits per heavy atom. The predicted octanol–water partition coefficient (Wildman–Crippen LogP) is 2.81. The van der Waals surface area contributed by atoms with Crippen molar-refractivity contribution in [2.45, 2.75) is 20.3 Å². The monoisotopic (exact) mass is 208 g/mol. The second kappa shape index (κ2) is 5.39. The van der Waals surface area contributed by atoms with Crippen LogP contribution in [0.15, 0.2) is 24.3 Å². The summed E-state index contributed by atoms with van der Waals surface area (Å²) in [6.07, 6.45) is 1.02. The molecule has 0 aliphatic rings. The number of para-hydroxylation sites is 1. The topological polar surface area (TPSA) is 46.5 Å². The number of benzene rings is 1. The van der Waals surface area contributed by atoms with Crippen molar-refractivity contribution in [3.63, 3.8) is 0 Å². The predicted molar refractivity (Wildman–Crippen MR) is 58.4 cm³/mol. The fraction of sp³-hybridized carbons (Fsp3) is 0.417. The SMILES string of the molecule is CCC(C)COc1ccccc1C(=O)O. The van der Waals surface area contributed by atoms with Crippen LogP contribution < -0.4 is 4.74 Å². The van der Waals surface area contributed by atoms with Crippen molar-refractivity contribution in [2.75, 3.05) is 6.61 Å². The second-order valence-electron chi connectivity index (χ2n) is 3.63. The molecule has 1 aromatic carbocycles. The minimum Gasteiger partial charge on any atom is -0.492 e. The lowest BCUT2D eigenvalue weighted by Gasteiger charge is -2.12. The number of aromatic carboxylic acids is 1. The average molecular weight is 208 g/mol. The molecule has 15 heavy (non-hydrogen) atoms. The summed E-state index contributed by atoms with van der Waals surface area (Å²) in [4.78, 5) is 10.9. The Balaban J connectivity index is 2.72. The number of ether oxygens (including phenoxy) is 1. The molecule has 1 aromatic rings. The summed E-state index contributed by atoms with van der Waals surface area (Å²) in [5.41, 5.74) is 0.223. The molecule has 82 valence electrons. The van der Waals surface area contributed by atoms with Gasteiger partial charge in [-0.05, 0) is 18.1 Å². The molecule has 0 saturated heterocycles. The van der Waals surface area contributed by atoms with Gasteiger partial charge in [0.25, 0.3) is 0 Å². The summed E-state index contributed by atoms with van der Waals surface area (Å²) in [6, 6.07) is 6.71. The molecule has 0 fully saturated rings. The summed E-state index contributed by atoms with van der Waals surface area (Å²) < 4.78 is 5.47. The molecule has 0 heterocycles. The van der Waals surface area contributed by atoms with E-state index in [2.05, 4.69) is 13.8 Å². The highest BCUT2D eigenvalue weighted by Crippen LogP contribution is 2.18. The quantitative estimate of drug-likeness (QED) is 0.809. The van der Waals surface area contributed by atoms with Crippen LogP contribution in [0.1, 0.15) is 30.6 Å². The zero-order valence-corrected chi connectivity index (χ0v) is 9.06. The molecule has 0 amide bonds. The highest BCUT2D eigenvalue weighted by Gasteiger charge is 2.10. The van der Waals surface area contributed by atoms with Gasteiger partial charge in [0.05, 0.1) is 6.61 Å². The number of hydrogen-bond donors (Lipinski definition) is 1. The van der Waals surface area contributed by atoms with Gasteiger partial charge in [-0.2, -0.15) is 0 Å². The number of rotatable bonds is 5. The lowest BCUT2D eigenvalue weighted by Crippen LogP contribution is -2.10. The molecular weight excluding hydrogens is 192 g/mol. The zero-order valence-electron chi connectivity index (χ0n) is 9.06. The van der Waals surface area contributed by atoms with Gasteiger partial charge < -0.3 is 9.84 Å². The minimum absolute atomic E-state index is 0.223. The standard InChI is InChI=1S/C12H16O3/c1-3-9(2)8-15-11-7-5-4-6-10(11)12(13)14/h4-7,9H,3,8H2,1-2H3,(H,13,14). The Bertz CT molecular complexity index is 333. The molecular formula is C12H16O3. The maximum absolute atomic E-state index is 10.9. The van der Waals surface area contributed by atoms with Crippen molar-refractivity contribution < 1.29 is 14.6 Å². The fourth-order valence-electron chi connectivity index (χ4n) is 1.12. The summed E-state index contributed by atoms with van der Waals surface area (Å²) >= 11 is 0. The summed E-state index contributed by atoms with van der Waals surface area (Å²) in [6.45, 7) is 4.71. The molecule has 0 saturated carbocycles. The third-order valence-corrected chi connectivity index (χ3v) is 2.34. The largest absolute Gasteiger partial charge is 0.492 e. The van der Waals surface area contributed by atoms with E-state index < -0.39 is 5.97 Å². The summed E-state index contributed by atoms with van der Waals surface area (Å²) in [5, 5.41) is 8.91. The van der Waals surface area contributed by atoms with Crippen molar-refractivity contribution in [3.8, 4) is 5.75 Å². The van der Waals surface area contributed by atoms with E-state index in [-0.39, 0.29) is 5.56 Å². The van der Waals surface area contributed by atoms with Crippen LogP contribution in [0, 0.1) is 5.92 Å². The van der Waals surface area contributed by atoms with Gasteiger partial charge in [0.2, 0.25) is 0 Å². The first-order valence-electron chi connectivity index (χ1n) is 5.10. The molecule has 3 heteroatoms. The lowest BCUT2D eigenvalue weighted by atomic mass is 10.1. The van der Waals surface area contributed by atoms with Crippen LogP contribution in [-0.4, -0.2) is 17.7 Å². The van der Waals surface area contributed by atoms with Gasteiger partial charge in [-0.3, -0.25) is 0 Å². The van der Waals surface area contributed by atoms with Crippen LogP contribution in [0.25, 0.3) is 0 Å². The van der Waals surface area contributed by atoms with E-state index in [0.29, 0.717) is 18.3 Å². The second-order valence-corrected chi connectivity index (χ2v) is 3.63. The van der Waals surface area contributed by atoms with Gasteiger partial charge in [-0.25, -0.2) is 4.79 Å². The summed E-state index contributed by atoms with van der Waals surface area (Å²) in [7, 11) is 0. The van der Waals surface area contributed by atoms with E-state index in [0.717, 1.165) is 6.42 Å². The number of carbonyl (C=O) groups is 1. The van der Waals surface area contributed by atoms with Crippen LogP contribution >= 0.6 is 0 Å². The molecule has 1 rings (SSSR count). The van der Waals surface area contributed by atoms with Crippen molar-refractivity contribution >= 4 is 5.97 Å². The zero-order chi connectivity index (χ0) is 11.3. The third-order valence-electron chi connectivity index (χ3n) is 2.34. The third kappa shape index (κ3) is 3.27. The van der Waals surface area contributed by atoms with Crippen LogP contribution in [0.2, 0.25) is 0 Å². The van der Waals surface area contributed by atoms with E-state index in [4.69, 9.17) is 9.84 Å². The molecule has 0 aliphatic heterocycles. The highest BCUT2D eigenvalue weighted by molar-refractivity contribution is 5.90. The first-order valence-corrected chi connectivity index (χ1v) is 5.10. The van der Waals surface area contributed by atoms with Gasteiger partial charge in [0.1, 0.15) is 11.3 Å². The Kier molecular flexibility index (Phi) is 4.16. The van der Waals surface area contributed by atoms with Crippen molar-refractivity contribution in [2.24, 2.45) is 5.92 Å².